The van der Waals surface area contributed by atoms with Crippen LogP contribution in [0.1, 0.15) is 43.9 Å². The van der Waals surface area contributed by atoms with Crippen molar-refractivity contribution < 1.29 is 9.53 Å². The van der Waals surface area contributed by atoms with Crippen molar-refractivity contribution >= 4 is 5.91 Å². The Morgan fingerprint density at radius 1 is 1.43 bits per heavy atom. The number of benzene rings is 1. The molecule has 1 aromatic rings. The molecule has 0 saturated carbocycles. The topological polar surface area (TPSA) is 64.3 Å². The fraction of sp³-hybridized carbons (Fsp3) is 0.471. The van der Waals surface area contributed by atoms with Crippen LogP contribution in [0.15, 0.2) is 24.3 Å². The first kappa shape index (κ1) is 17.2. The maximum absolute atomic E-state index is 11.9. The Hall–Kier alpha value is -1.83. The molecule has 3 N–H and O–H groups in total. The second-order valence-corrected chi connectivity index (χ2v) is 5.01. The fourth-order valence-electron chi connectivity index (χ4n) is 1.89. The molecule has 0 radical (unpaired) electrons. The molecule has 0 saturated heterocycles. The van der Waals surface area contributed by atoms with Gasteiger partial charge in [-0.1, -0.05) is 24.0 Å². The van der Waals surface area contributed by atoms with Crippen LogP contribution in [0.5, 0.6) is 0 Å². The van der Waals surface area contributed by atoms with Crippen molar-refractivity contribution in [3.63, 3.8) is 0 Å². The molecule has 0 spiro atoms. The van der Waals surface area contributed by atoms with Gasteiger partial charge in [-0.15, -0.1) is 0 Å². The van der Waals surface area contributed by atoms with Gasteiger partial charge in [-0.2, -0.15) is 0 Å². The van der Waals surface area contributed by atoms with Gasteiger partial charge in [0.2, 0.25) is 5.91 Å². The molecule has 0 bridgehead atoms. The summed E-state index contributed by atoms with van der Waals surface area (Å²) in [4.78, 5) is 11.9. The SMILES string of the molecule is COC(C)CCC(=O)NC(C)c1cccc(C#CCN)c1. The van der Waals surface area contributed by atoms with Crippen molar-refractivity contribution in [3.8, 4) is 11.8 Å². The summed E-state index contributed by atoms with van der Waals surface area (Å²) < 4.78 is 5.14. The molecule has 1 aromatic carbocycles. The second-order valence-electron chi connectivity index (χ2n) is 5.01. The van der Waals surface area contributed by atoms with Crippen LogP contribution in [-0.4, -0.2) is 25.7 Å². The molecule has 0 fully saturated rings. The largest absolute Gasteiger partial charge is 0.382 e. The summed E-state index contributed by atoms with van der Waals surface area (Å²) >= 11 is 0. The van der Waals surface area contributed by atoms with E-state index >= 15 is 0 Å². The van der Waals surface area contributed by atoms with Crippen LogP contribution in [0, 0.1) is 11.8 Å². The normalized spacial score (nSPS) is 13.0. The van der Waals surface area contributed by atoms with E-state index in [1.54, 1.807) is 7.11 Å². The molecule has 0 aliphatic rings. The standard InChI is InChI=1S/C17H24N2O2/c1-13(21-3)9-10-17(20)19-14(2)16-8-4-6-15(12-16)7-5-11-18/h4,6,8,12-14H,9-11,18H2,1-3H3,(H,19,20). The molecule has 4 heteroatoms. The van der Waals surface area contributed by atoms with E-state index in [2.05, 4.69) is 17.2 Å². The van der Waals surface area contributed by atoms with Crippen LogP contribution < -0.4 is 11.1 Å². The number of carbonyl (C=O) groups excluding carboxylic acids is 1. The van der Waals surface area contributed by atoms with E-state index in [1.165, 1.54) is 0 Å². The Bertz CT molecular complexity index is 517. The molecule has 1 amide bonds. The third-order valence-electron chi connectivity index (χ3n) is 3.28. The van der Waals surface area contributed by atoms with E-state index in [9.17, 15) is 4.79 Å². The number of hydrogen-bond donors (Lipinski definition) is 2. The number of hydrogen-bond acceptors (Lipinski definition) is 3. The van der Waals surface area contributed by atoms with Crippen LogP contribution >= 0.6 is 0 Å². The fourth-order valence-corrected chi connectivity index (χ4v) is 1.89. The molecule has 0 heterocycles. The zero-order chi connectivity index (χ0) is 15.7. The number of nitrogens with two attached hydrogens (primary N) is 1. The number of amides is 1. The lowest BCUT2D eigenvalue weighted by Gasteiger charge is -2.15. The first-order chi connectivity index (χ1) is 10.1. The number of rotatable bonds is 6. The molecule has 0 aliphatic carbocycles. The highest BCUT2D eigenvalue weighted by molar-refractivity contribution is 5.76. The van der Waals surface area contributed by atoms with E-state index in [4.69, 9.17) is 10.5 Å². The lowest BCUT2D eigenvalue weighted by Crippen LogP contribution is -2.27. The molecule has 1 rings (SSSR count). The van der Waals surface area contributed by atoms with Gasteiger partial charge in [0.05, 0.1) is 18.7 Å². The lowest BCUT2D eigenvalue weighted by molar-refractivity contribution is -0.122. The predicted octanol–water partition coefficient (Wildman–Crippen LogP) is 1.99. The maximum atomic E-state index is 11.9. The minimum atomic E-state index is -0.0463. The molecular formula is C17H24N2O2. The highest BCUT2D eigenvalue weighted by atomic mass is 16.5. The molecule has 114 valence electrons. The minimum Gasteiger partial charge on any atom is -0.382 e. The van der Waals surface area contributed by atoms with Crippen molar-refractivity contribution in [3.05, 3.63) is 35.4 Å². The maximum Gasteiger partial charge on any atom is 0.220 e. The molecule has 2 atom stereocenters. The predicted molar refractivity (Wildman–Crippen MR) is 84.6 cm³/mol. The first-order valence-electron chi connectivity index (χ1n) is 7.18. The summed E-state index contributed by atoms with van der Waals surface area (Å²) in [5.74, 6) is 5.86. The third-order valence-corrected chi connectivity index (χ3v) is 3.28. The molecule has 4 nitrogen and oxygen atoms in total. The highest BCUT2D eigenvalue weighted by Gasteiger charge is 2.11. The zero-order valence-corrected chi connectivity index (χ0v) is 13.0. The van der Waals surface area contributed by atoms with Gasteiger partial charge < -0.3 is 15.8 Å². The van der Waals surface area contributed by atoms with Crippen molar-refractivity contribution in [2.24, 2.45) is 5.73 Å². The average molecular weight is 288 g/mol. The van der Waals surface area contributed by atoms with Crippen LogP contribution in [0.4, 0.5) is 0 Å². The van der Waals surface area contributed by atoms with Gasteiger partial charge >= 0.3 is 0 Å². The first-order valence-corrected chi connectivity index (χ1v) is 7.18. The van der Waals surface area contributed by atoms with Gasteiger partial charge in [0, 0.05) is 19.1 Å². The summed E-state index contributed by atoms with van der Waals surface area (Å²) in [6, 6.07) is 7.78. The molecule has 0 aliphatic heterocycles. The third kappa shape index (κ3) is 6.44. The van der Waals surface area contributed by atoms with Gasteiger partial charge in [0.25, 0.3) is 0 Å². The van der Waals surface area contributed by atoms with E-state index in [-0.39, 0.29) is 18.1 Å². The van der Waals surface area contributed by atoms with Crippen LogP contribution in [0.3, 0.4) is 0 Å². The number of ether oxygens (including phenoxy) is 1. The Labute approximate surface area is 127 Å². The van der Waals surface area contributed by atoms with Crippen molar-refractivity contribution in [1.82, 2.24) is 5.32 Å². The Balaban J connectivity index is 2.58. The summed E-state index contributed by atoms with van der Waals surface area (Å²) in [7, 11) is 1.65. The monoisotopic (exact) mass is 288 g/mol. The van der Waals surface area contributed by atoms with Gasteiger partial charge in [-0.3, -0.25) is 4.79 Å². The zero-order valence-electron chi connectivity index (χ0n) is 13.0. The van der Waals surface area contributed by atoms with Gasteiger partial charge in [-0.05, 0) is 38.0 Å². The van der Waals surface area contributed by atoms with Crippen LogP contribution in [0.25, 0.3) is 0 Å². The van der Waals surface area contributed by atoms with E-state index in [1.807, 2.05) is 38.1 Å². The van der Waals surface area contributed by atoms with E-state index < -0.39 is 0 Å². The van der Waals surface area contributed by atoms with E-state index in [0.717, 1.165) is 17.5 Å². The van der Waals surface area contributed by atoms with Crippen molar-refractivity contribution in [2.75, 3.05) is 13.7 Å². The Morgan fingerprint density at radius 3 is 2.86 bits per heavy atom. The van der Waals surface area contributed by atoms with E-state index in [0.29, 0.717) is 13.0 Å². The van der Waals surface area contributed by atoms with Crippen molar-refractivity contribution in [1.29, 1.82) is 0 Å². The van der Waals surface area contributed by atoms with Gasteiger partial charge in [0.1, 0.15) is 0 Å². The van der Waals surface area contributed by atoms with Crippen molar-refractivity contribution in [2.45, 2.75) is 38.8 Å². The van der Waals surface area contributed by atoms with Gasteiger partial charge in [-0.25, -0.2) is 0 Å². The second kappa shape index (κ2) is 9.17. The Kier molecular flexibility index (Phi) is 7.52. The van der Waals surface area contributed by atoms with Gasteiger partial charge in [0.15, 0.2) is 0 Å². The smallest absolute Gasteiger partial charge is 0.220 e. The molecule has 21 heavy (non-hydrogen) atoms. The summed E-state index contributed by atoms with van der Waals surface area (Å²) in [6.45, 7) is 4.26. The molecular weight excluding hydrogens is 264 g/mol. The lowest BCUT2D eigenvalue weighted by atomic mass is 10.0. The summed E-state index contributed by atoms with van der Waals surface area (Å²) in [5, 5.41) is 2.99. The number of nitrogens with one attached hydrogen (secondary N) is 1. The number of carbonyl (C=O) groups is 1. The number of methoxy groups -OCH3 is 1. The minimum absolute atomic E-state index is 0.0323. The highest BCUT2D eigenvalue weighted by Crippen LogP contribution is 2.14. The average Bonchev–Trinajstić information content (AvgIpc) is 2.50. The summed E-state index contributed by atoms with van der Waals surface area (Å²) in [5.41, 5.74) is 7.31. The Morgan fingerprint density at radius 2 is 2.19 bits per heavy atom. The summed E-state index contributed by atoms with van der Waals surface area (Å²) in [6.07, 6.45) is 1.28. The molecule has 2 unspecified atom stereocenters. The molecule has 0 aromatic heterocycles. The van der Waals surface area contributed by atoms with Crippen LogP contribution in [-0.2, 0) is 9.53 Å². The quantitative estimate of drug-likeness (QED) is 0.787. The van der Waals surface area contributed by atoms with Crippen LogP contribution in [0.2, 0.25) is 0 Å².